The average Bonchev–Trinajstić information content (AvgIpc) is 2.88. The number of aromatic nitrogens is 2. The number of nitrogens with one attached hydrogen (secondary N) is 1. The monoisotopic (exact) mass is 245 g/mol. The number of amides is 1. The van der Waals surface area contributed by atoms with Gasteiger partial charge in [-0.3, -0.25) is 9.48 Å². The van der Waals surface area contributed by atoms with Gasteiger partial charge < -0.3 is 10.1 Å². The molecule has 0 radical (unpaired) electrons. The fourth-order valence-corrected chi connectivity index (χ4v) is 1.74. The molecule has 1 heterocycles. The highest BCUT2D eigenvalue weighted by Gasteiger charge is 2.06. The van der Waals surface area contributed by atoms with Crippen molar-refractivity contribution < 1.29 is 9.53 Å². The van der Waals surface area contributed by atoms with Crippen LogP contribution in [0.15, 0.2) is 30.6 Å². The number of carbonyl (C=O) groups is 1. The summed E-state index contributed by atoms with van der Waals surface area (Å²) in [7, 11) is 1.57. The largest absolute Gasteiger partial charge is 0.495 e. The van der Waals surface area contributed by atoms with Crippen molar-refractivity contribution >= 4 is 12.1 Å². The lowest BCUT2D eigenvalue weighted by atomic mass is 10.1. The van der Waals surface area contributed by atoms with Crippen LogP contribution in [0.25, 0.3) is 11.1 Å². The highest BCUT2D eigenvalue weighted by Crippen LogP contribution is 2.30. The van der Waals surface area contributed by atoms with Crippen molar-refractivity contribution in [3.63, 3.8) is 0 Å². The first-order valence-electron chi connectivity index (χ1n) is 5.69. The molecule has 1 aromatic carbocycles. The number of carbonyl (C=O) groups excluding carboxylic acids is 1. The van der Waals surface area contributed by atoms with Gasteiger partial charge in [0.15, 0.2) is 0 Å². The minimum Gasteiger partial charge on any atom is -0.495 e. The molecule has 0 atom stereocenters. The van der Waals surface area contributed by atoms with Crippen LogP contribution in [0.3, 0.4) is 0 Å². The standard InChI is InChI=1S/C13H15N3O2/c1-3-16-8-11(7-15-16)10-4-5-12(14-9-17)13(6-10)18-2/h4-9H,3H2,1-2H3,(H,14,17). The lowest BCUT2D eigenvalue weighted by Crippen LogP contribution is -1.97. The van der Waals surface area contributed by atoms with Crippen molar-refractivity contribution in [1.82, 2.24) is 9.78 Å². The Labute approximate surface area is 105 Å². The maximum Gasteiger partial charge on any atom is 0.211 e. The van der Waals surface area contributed by atoms with E-state index in [1.165, 1.54) is 0 Å². The van der Waals surface area contributed by atoms with E-state index < -0.39 is 0 Å². The first kappa shape index (κ1) is 12.2. The quantitative estimate of drug-likeness (QED) is 0.821. The average molecular weight is 245 g/mol. The third kappa shape index (κ3) is 2.34. The van der Waals surface area contributed by atoms with Crippen LogP contribution >= 0.6 is 0 Å². The van der Waals surface area contributed by atoms with Gasteiger partial charge in [-0.2, -0.15) is 5.10 Å². The predicted molar refractivity (Wildman–Crippen MR) is 69.6 cm³/mol. The summed E-state index contributed by atoms with van der Waals surface area (Å²) in [5, 5.41) is 6.83. The zero-order chi connectivity index (χ0) is 13.0. The van der Waals surface area contributed by atoms with Crippen LogP contribution in [0.4, 0.5) is 5.69 Å². The van der Waals surface area contributed by atoms with Crippen LogP contribution in [-0.4, -0.2) is 23.3 Å². The number of methoxy groups -OCH3 is 1. The third-order valence-electron chi connectivity index (χ3n) is 2.71. The Morgan fingerprint density at radius 1 is 1.44 bits per heavy atom. The number of hydrogen-bond donors (Lipinski definition) is 1. The van der Waals surface area contributed by atoms with Crippen molar-refractivity contribution in [1.29, 1.82) is 0 Å². The Hall–Kier alpha value is -2.30. The minimum absolute atomic E-state index is 0.629. The molecular formula is C13H15N3O2. The summed E-state index contributed by atoms with van der Waals surface area (Å²) >= 11 is 0. The van der Waals surface area contributed by atoms with Crippen LogP contribution in [0.1, 0.15) is 6.92 Å². The van der Waals surface area contributed by atoms with E-state index in [9.17, 15) is 4.79 Å². The van der Waals surface area contributed by atoms with Crippen LogP contribution in [0.5, 0.6) is 5.75 Å². The first-order valence-corrected chi connectivity index (χ1v) is 5.69. The molecule has 0 aliphatic carbocycles. The molecule has 2 aromatic rings. The third-order valence-corrected chi connectivity index (χ3v) is 2.71. The van der Waals surface area contributed by atoms with Crippen LogP contribution < -0.4 is 10.1 Å². The van der Waals surface area contributed by atoms with Gasteiger partial charge in [-0.05, 0) is 24.6 Å². The van der Waals surface area contributed by atoms with Crippen molar-refractivity contribution in [2.45, 2.75) is 13.5 Å². The summed E-state index contributed by atoms with van der Waals surface area (Å²) in [6.45, 7) is 2.87. The van der Waals surface area contributed by atoms with E-state index in [4.69, 9.17) is 4.74 Å². The normalized spacial score (nSPS) is 10.1. The molecule has 0 spiro atoms. The second-order valence-corrected chi connectivity index (χ2v) is 3.76. The smallest absolute Gasteiger partial charge is 0.211 e. The molecule has 0 unspecified atom stereocenters. The van der Waals surface area contributed by atoms with Gasteiger partial charge in [-0.1, -0.05) is 6.07 Å². The number of benzene rings is 1. The Balaban J connectivity index is 2.37. The van der Waals surface area contributed by atoms with E-state index in [1.807, 2.05) is 42.2 Å². The van der Waals surface area contributed by atoms with E-state index in [-0.39, 0.29) is 0 Å². The van der Waals surface area contributed by atoms with Gasteiger partial charge in [-0.25, -0.2) is 0 Å². The minimum atomic E-state index is 0.629. The van der Waals surface area contributed by atoms with E-state index >= 15 is 0 Å². The molecule has 0 saturated carbocycles. The Kier molecular flexibility index (Phi) is 3.62. The van der Waals surface area contributed by atoms with Crippen LogP contribution in [0, 0.1) is 0 Å². The van der Waals surface area contributed by atoms with Gasteiger partial charge in [0.05, 0.1) is 19.0 Å². The topological polar surface area (TPSA) is 56.2 Å². The number of nitrogens with zero attached hydrogens (tertiary/aromatic N) is 2. The van der Waals surface area contributed by atoms with E-state index in [2.05, 4.69) is 10.4 Å². The number of aryl methyl sites for hydroxylation is 1. The fraction of sp³-hybridized carbons (Fsp3) is 0.231. The summed E-state index contributed by atoms with van der Waals surface area (Å²) in [4.78, 5) is 10.5. The Bertz CT molecular complexity index is 549. The highest BCUT2D eigenvalue weighted by molar-refractivity contribution is 5.78. The number of rotatable bonds is 5. The lowest BCUT2D eigenvalue weighted by Gasteiger charge is -2.08. The van der Waals surface area contributed by atoms with Crippen molar-refractivity contribution in [3.8, 4) is 16.9 Å². The zero-order valence-corrected chi connectivity index (χ0v) is 10.4. The molecule has 1 aromatic heterocycles. The number of anilines is 1. The summed E-state index contributed by atoms with van der Waals surface area (Å²) < 4.78 is 7.11. The first-order chi connectivity index (χ1) is 8.78. The Morgan fingerprint density at radius 3 is 2.89 bits per heavy atom. The second-order valence-electron chi connectivity index (χ2n) is 3.76. The van der Waals surface area contributed by atoms with E-state index in [1.54, 1.807) is 7.11 Å². The molecule has 1 amide bonds. The summed E-state index contributed by atoms with van der Waals surface area (Å²) in [6, 6.07) is 5.61. The number of ether oxygens (including phenoxy) is 1. The maximum absolute atomic E-state index is 10.5. The predicted octanol–water partition coefficient (Wildman–Crippen LogP) is 2.15. The molecule has 0 aliphatic rings. The second kappa shape index (κ2) is 5.35. The highest BCUT2D eigenvalue weighted by atomic mass is 16.5. The van der Waals surface area contributed by atoms with Gasteiger partial charge in [0.2, 0.25) is 6.41 Å². The zero-order valence-electron chi connectivity index (χ0n) is 10.4. The van der Waals surface area contributed by atoms with Gasteiger partial charge in [0, 0.05) is 18.3 Å². The van der Waals surface area contributed by atoms with Crippen molar-refractivity contribution in [3.05, 3.63) is 30.6 Å². The maximum atomic E-state index is 10.5. The van der Waals surface area contributed by atoms with E-state index in [0.29, 0.717) is 17.8 Å². The molecule has 5 nitrogen and oxygen atoms in total. The van der Waals surface area contributed by atoms with Crippen LogP contribution in [0.2, 0.25) is 0 Å². The molecule has 2 rings (SSSR count). The molecular weight excluding hydrogens is 230 g/mol. The summed E-state index contributed by atoms with van der Waals surface area (Å²) in [6.07, 6.45) is 4.42. The molecule has 0 aliphatic heterocycles. The van der Waals surface area contributed by atoms with Gasteiger partial charge in [0.25, 0.3) is 0 Å². The van der Waals surface area contributed by atoms with Crippen molar-refractivity contribution in [2.75, 3.05) is 12.4 Å². The van der Waals surface area contributed by atoms with Gasteiger partial charge in [0.1, 0.15) is 5.75 Å². The van der Waals surface area contributed by atoms with Crippen molar-refractivity contribution in [2.24, 2.45) is 0 Å². The van der Waals surface area contributed by atoms with Crippen LogP contribution in [-0.2, 0) is 11.3 Å². The summed E-state index contributed by atoms with van der Waals surface area (Å²) in [5.41, 5.74) is 2.68. The Morgan fingerprint density at radius 2 is 2.28 bits per heavy atom. The molecule has 0 bridgehead atoms. The molecule has 5 heteroatoms. The van der Waals surface area contributed by atoms with E-state index in [0.717, 1.165) is 17.7 Å². The number of hydrogen-bond acceptors (Lipinski definition) is 3. The van der Waals surface area contributed by atoms with Gasteiger partial charge >= 0.3 is 0 Å². The molecule has 0 saturated heterocycles. The SMILES string of the molecule is CCn1cc(-c2ccc(NC=O)c(OC)c2)cn1. The summed E-state index contributed by atoms with van der Waals surface area (Å²) in [5.74, 6) is 0.629. The fourth-order valence-electron chi connectivity index (χ4n) is 1.74. The molecule has 1 N–H and O–H groups in total. The molecule has 94 valence electrons. The molecule has 0 fully saturated rings. The lowest BCUT2D eigenvalue weighted by molar-refractivity contribution is -0.105. The van der Waals surface area contributed by atoms with Gasteiger partial charge in [-0.15, -0.1) is 0 Å². The molecule has 18 heavy (non-hydrogen) atoms.